The number of rotatable bonds is 15. The van der Waals surface area contributed by atoms with Crippen LogP contribution < -0.4 is 35.6 Å². The standard InChI is InChI=1S/C51H53FN10O8/c1-69-43-26-37-39(53-19-13-42(37)70-35-8-6-34(7-9-35)57-50(68)51(16-17-51)49(67)56-33-4-2-32(52)3-5-33)27-41(43)60-21-14-31(15-22-60)28-61-25-24-59(30-45(61)64)23-20-55-46-38-29-62(48(66)36(38)12-18-54-46)40-10-11-44(63)58-47(40)65/h2-9,12-13,18-19,26-27,31,40H,10-11,14-17,20-25,28-30H2,1H3,(H,54,55)(H,56,67)(H,57,68)(H,58,63,65). The highest BCUT2D eigenvalue weighted by atomic mass is 19.1. The average molecular weight is 953 g/mol. The molecule has 0 spiro atoms. The molecule has 4 N–H and O–H groups in total. The van der Waals surface area contributed by atoms with Crippen LogP contribution in [0.1, 0.15) is 54.4 Å². The van der Waals surface area contributed by atoms with Gasteiger partial charge in [-0.25, -0.2) is 9.37 Å². The van der Waals surface area contributed by atoms with Crippen LogP contribution in [0.25, 0.3) is 10.9 Å². The average Bonchev–Trinajstić information content (AvgIpc) is 4.12. The van der Waals surface area contributed by atoms with Gasteiger partial charge in [-0.3, -0.25) is 44.0 Å². The molecule has 1 saturated carbocycles. The zero-order chi connectivity index (χ0) is 48.5. The topological polar surface area (TPSA) is 208 Å². The van der Waals surface area contributed by atoms with Gasteiger partial charge in [0.25, 0.3) is 5.91 Å². The van der Waals surface area contributed by atoms with Crippen LogP contribution in [-0.2, 0) is 30.5 Å². The minimum atomic E-state index is -1.18. The number of aromatic nitrogens is 2. The number of hydrogen-bond donors (Lipinski definition) is 4. The molecule has 4 fully saturated rings. The van der Waals surface area contributed by atoms with Gasteiger partial charge in [0, 0.05) is 92.5 Å². The van der Waals surface area contributed by atoms with Gasteiger partial charge in [-0.2, -0.15) is 0 Å². The molecule has 70 heavy (non-hydrogen) atoms. The van der Waals surface area contributed by atoms with Crippen LogP contribution in [0.2, 0.25) is 0 Å². The lowest BCUT2D eigenvalue weighted by molar-refractivity contribution is -0.137. The number of piperidine rings is 2. The predicted molar refractivity (Wildman–Crippen MR) is 257 cm³/mol. The van der Waals surface area contributed by atoms with Crippen molar-refractivity contribution in [3.63, 3.8) is 0 Å². The number of nitrogens with zero attached hydrogens (tertiary/aromatic N) is 6. The summed E-state index contributed by atoms with van der Waals surface area (Å²) in [6, 6.07) is 19.0. The molecule has 5 aliphatic rings. The quantitative estimate of drug-likeness (QED) is 0.0792. The van der Waals surface area contributed by atoms with Crippen molar-refractivity contribution in [2.24, 2.45) is 11.3 Å². The number of carbonyl (C=O) groups is 6. The molecule has 5 aromatic rings. The number of nitrogens with one attached hydrogen (secondary N) is 4. The predicted octanol–water partition coefficient (Wildman–Crippen LogP) is 5.16. The summed E-state index contributed by atoms with van der Waals surface area (Å²) in [6.07, 6.45) is 6.40. The van der Waals surface area contributed by atoms with E-state index in [2.05, 4.69) is 41.0 Å². The molecular weight excluding hydrogens is 900 g/mol. The maximum Gasteiger partial charge on any atom is 0.255 e. The fourth-order valence-corrected chi connectivity index (χ4v) is 9.86. The molecule has 18 nitrogen and oxygen atoms in total. The monoisotopic (exact) mass is 952 g/mol. The van der Waals surface area contributed by atoms with E-state index in [4.69, 9.17) is 9.47 Å². The number of methoxy groups -OCH3 is 1. The van der Waals surface area contributed by atoms with Crippen LogP contribution in [0.4, 0.5) is 27.3 Å². The molecular formula is C51H53FN10O8. The van der Waals surface area contributed by atoms with E-state index in [1.165, 1.54) is 29.2 Å². The second-order valence-corrected chi connectivity index (χ2v) is 18.5. The fraction of sp³-hybridized carbons (Fsp3) is 0.373. The fourth-order valence-electron chi connectivity index (χ4n) is 9.86. The van der Waals surface area contributed by atoms with Crippen molar-refractivity contribution < 1.29 is 42.6 Å². The summed E-state index contributed by atoms with van der Waals surface area (Å²) in [7, 11) is 1.65. The molecule has 1 unspecified atom stereocenters. The zero-order valence-corrected chi connectivity index (χ0v) is 38.7. The van der Waals surface area contributed by atoms with E-state index in [9.17, 15) is 33.2 Å². The van der Waals surface area contributed by atoms with Crippen LogP contribution in [0, 0.1) is 17.2 Å². The summed E-state index contributed by atoms with van der Waals surface area (Å²) in [5.74, 6) is 0.568. The van der Waals surface area contributed by atoms with E-state index in [-0.39, 0.29) is 30.7 Å². The normalized spacial score (nSPS) is 19.2. The number of hydrogen-bond acceptors (Lipinski definition) is 13. The third-order valence-electron chi connectivity index (χ3n) is 14.1. The summed E-state index contributed by atoms with van der Waals surface area (Å²) in [4.78, 5) is 94.1. The van der Waals surface area contributed by atoms with E-state index in [0.717, 1.165) is 54.6 Å². The van der Waals surface area contributed by atoms with Crippen LogP contribution in [-0.4, -0.2) is 126 Å². The number of ether oxygens (including phenoxy) is 2. The maximum absolute atomic E-state index is 13.4. The summed E-state index contributed by atoms with van der Waals surface area (Å²) >= 11 is 0. The second-order valence-electron chi connectivity index (χ2n) is 18.5. The van der Waals surface area contributed by atoms with Crippen LogP contribution in [0.3, 0.4) is 0 Å². The van der Waals surface area contributed by atoms with Gasteiger partial charge in [-0.05, 0) is 111 Å². The Morgan fingerprint density at radius 3 is 2.23 bits per heavy atom. The van der Waals surface area contributed by atoms with E-state index >= 15 is 0 Å². The second kappa shape index (κ2) is 19.4. The Morgan fingerprint density at radius 2 is 1.54 bits per heavy atom. The van der Waals surface area contributed by atoms with Gasteiger partial charge < -0.3 is 40.1 Å². The summed E-state index contributed by atoms with van der Waals surface area (Å²) < 4.78 is 25.6. The first kappa shape index (κ1) is 46.1. The minimum absolute atomic E-state index is 0.106. The van der Waals surface area contributed by atoms with Gasteiger partial charge >= 0.3 is 0 Å². The van der Waals surface area contributed by atoms with Crippen LogP contribution in [0.5, 0.6) is 17.2 Å². The van der Waals surface area contributed by atoms with Gasteiger partial charge in [0.05, 0.1) is 31.4 Å². The van der Waals surface area contributed by atoms with Crippen molar-refractivity contribution in [2.45, 2.75) is 51.1 Å². The molecule has 6 heterocycles. The first-order chi connectivity index (χ1) is 33.9. The molecule has 3 saturated heterocycles. The largest absolute Gasteiger partial charge is 0.495 e. The SMILES string of the molecule is COc1cc2c(Oc3ccc(NC(=O)C4(C(=O)Nc5ccc(F)cc5)CC4)cc3)ccnc2cc1N1CCC(CN2CCN(CCNc3nccc4c3CN(C3CCC(=O)NC3=O)C4=O)CC2=O)CC1. The Bertz CT molecular complexity index is 2870. The molecule has 1 atom stereocenters. The molecule has 2 aromatic heterocycles. The first-order valence-electron chi connectivity index (χ1n) is 23.7. The molecule has 3 aromatic carbocycles. The Morgan fingerprint density at radius 1 is 0.829 bits per heavy atom. The van der Waals surface area contributed by atoms with Crippen molar-refractivity contribution >= 4 is 69.2 Å². The first-order valence-corrected chi connectivity index (χ1v) is 23.7. The smallest absolute Gasteiger partial charge is 0.255 e. The van der Waals surface area contributed by atoms with Gasteiger partial charge in [0.2, 0.25) is 29.5 Å². The number of carbonyl (C=O) groups excluding carboxylic acids is 6. The van der Waals surface area contributed by atoms with E-state index in [1.54, 1.807) is 55.9 Å². The highest BCUT2D eigenvalue weighted by Crippen LogP contribution is 2.48. The Balaban J connectivity index is 0.688. The van der Waals surface area contributed by atoms with E-state index < -0.39 is 35.0 Å². The van der Waals surface area contributed by atoms with Crippen molar-refractivity contribution in [2.75, 3.05) is 80.3 Å². The Labute approximate surface area is 402 Å². The number of benzene rings is 3. The van der Waals surface area contributed by atoms with Crippen molar-refractivity contribution in [3.8, 4) is 17.2 Å². The highest BCUT2D eigenvalue weighted by Gasteiger charge is 2.56. The number of halogens is 1. The van der Waals surface area contributed by atoms with Crippen molar-refractivity contribution in [1.82, 2.24) is 30.0 Å². The molecule has 0 radical (unpaired) electrons. The molecule has 362 valence electrons. The van der Waals surface area contributed by atoms with Crippen LogP contribution in [0.15, 0.2) is 85.2 Å². The lowest BCUT2D eigenvalue weighted by atomic mass is 9.95. The molecule has 6 amide bonds. The number of fused-ring (bicyclic) bond motifs is 2. The van der Waals surface area contributed by atoms with Gasteiger partial charge in [0.15, 0.2) is 0 Å². The summed E-state index contributed by atoms with van der Waals surface area (Å²) in [5, 5.41) is 12.0. The maximum atomic E-state index is 13.4. The summed E-state index contributed by atoms with van der Waals surface area (Å²) in [5.41, 5.74) is 2.65. The third kappa shape index (κ3) is 9.52. The van der Waals surface area contributed by atoms with Gasteiger partial charge in [-0.15, -0.1) is 0 Å². The number of piperazine rings is 1. The third-order valence-corrected chi connectivity index (χ3v) is 14.1. The lowest BCUT2D eigenvalue weighted by Crippen LogP contribution is -2.53. The van der Waals surface area contributed by atoms with Crippen molar-refractivity contribution in [1.29, 1.82) is 0 Å². The van der Waals surface area contributed by atoms with E-state index in [1.807, 2.05) is 17.0 Å². The Hall–Kier alpha value is -7.67. The number of pyridine rings is 2. The zero-order valence-electron chi connectivity index (χ0n) is 38.7. The molecule has 4 aliphatic heterocycles. The lowest BCUT2D eigenvalue weighted by Gasteiger charge is -2.39. The highest BCUT2D eigenvalue weighted by molar-refractivity contribution is 6.17. The van der Waals surface area contributed by atoms with E-state index in [0.29, 0.717) is 97.9 Å². The molecule has 0 bridgehead atoms. The van der Waals surface area contributed by atoms with Crippen molar-refractivity contribution in [3.05, 3.63) is 102 Å². The molecule has 10 rings (SSSR count). The minimum Gasteiger partial charge on any atom is -0.495 e. The van der Waals surface area contributed by atoms with Crippen LogP contribution >= 0.6 is 0 Å². The summed E-state index contributed by atoms with van der Waals surface area (Å²) in [6.45, 7) is 5.37. The number of anilines is 4. The molecule has 1 aliphatic carbocycles. The number of imide groups is 1. The molecule has 19 heteroatoms. The van der Waals surface area contributed by atoms with Gasteiger partial charge in [0.1, 0.15) is 40.3 Å². The number of amides is 6. The Kier molecular flexibility index (Phi) is 12.8. The van der Waals surface area contributed by atoms with Gasteiger partial charge in [-0.1, -0.05) is 0 Å².